The summed E-state index contributed by atoms with van der Waals surface area (Å²) in [5.74, 6) is 1.72. The molecular formula is C17H14BrClFN3OS. The van der Waals surface area contributed by atoms with Gasteiger partial charge in [-0.05, 0) is 42.0 Å². The zero-order valence-corrected chi connectivity index (χ0v) is 16.4. The molecule has 3 aromatic rings. The minimum absolute atomic E-state index is 0.322. The third-order valence-electron chi connectivity index (χ3n) is 3.48. The van der Waals surface area contributed by atoms with Crippen molar-refractivity contribution >= 4 is 39.3 Å². The Bertz CT molecular complexity index is 873. The Balaban J connectivity index is 1.61. The van der Waals surface area contributed by atoms with Crippen LogP contribution in [0.1, 0.15) is 11.4 Å². The smallest absolute Gasteiger partial charge is 0.191 e. The normalized spacial score (nSPS) is 10.9. The molecule has 0 saturated carbocycles. The lowest BCUT2D eigenvalue weighted by Gasteiger charge is -2.07. The lowest BCUT2D eigenvalue weighted by molar-refractivity contribution is 0.290. The highest BCUT2D eigenvalue weighted by Gasteiger charge is 2.11. The molecule has 0 N–H and O–H groups in total. The number of aromatic nitrogens is 3. The minimum atomic E-state index is -0.343. The SMILES string of the molecule is Cn1c(COc2ccc(Br)cc2)nnc1SCc1ccc(F)cc1Cl. The van der Waals surface area contributed by atoms with Crippen molar-refractivity contribution in [3.63, 3.8) is 0 Å². The molecule has 25 heavy (non-hydrogen) atoms. The highest BCUT2D eigenvalue weighted by atomic mass is 79.9. The fourth-order valence-electron chi connectivity index (χ4n) is 2.06. The lowest BCUT2D eigenvalue weighted by Crippen LogP contribution is -2.04. The molecule has 0 aliphatic rings. The molecule has 2 aromatic carbocycles. The van der Waals surface area contributed by atoms with Crippen LogP contribution in [0, 0.1) is 5.82 Å². The topological polar surface area (TPSA) is 39.9 Å². The fourth-order valence-corrected chi connectivity index (χ4v) is 3.57. The molecular weight excluding hydrogens is 429 g/mol. The Morgan fingerprint density at radius 1 is 1.20 bits per heavy atom. The molecule has 0 spiro atoms. The average Bonchev–Trinajstić information content (AvgIpc) is 2.94. The molecule has 0 bridgehead atoms. The quantitative estimate of drug-likeness (QED) is 0.489. The van der Waals surface area contributed by atoms with Gasteiger partial charge in [0.25, 0.3) is 0 Å². The Morgan fingerprint density at radius 3 is 2.68 bits per heavy atom. The van der Waals surface area contributed by atoms with Crippen LogP contribution >= 0.6 is 39.3 Å². The van der Waals surface area contributed by atoms with Crippen LogP contribution in [0.3, 0.4) is 0 Å². The summed E-state index contributed by atoms with van der Waals surface area (Å²) in [6.45, 7) is 0.322. The van der Waals surface area contributed by atoms with Gasteiger partial charge in [0.15, 0.2) is 11.0 Å². The van der Waals surface area contributed by atoms with Crippen LogP contribution in [0.2, 0.25) is 5.02 Å². The first-order valence-electron chi connectivity index (χ1n) is 7.36. The van der Waals surface area contributed by atoms with Crippen LogP contribution in [0.4, 0.5) is 4.39 Å². The van der Waals surface area contributed by atoms with Gasteiger partial charge in [0.1, 0.15) is 18.2 Å². The summed E-state index contributed by atoms with van der Waals surface area (Å²) in [7, 11) is 1.88. The van der Waals surface area contributed by atoms with E-state index in [1.165, 1.54) is 23.9 Å². The zero-order chi connectivity index (χ0) is 17.8. The second-order valence-electron chi connectivity index (χ2n) is 5.22. The predicted octanol–water partition coefficient (Wildman–Crippen LogP) is 5.24. The fraction of sp³-hybridized carbons (Fsp3) is 0.176. The van der Waals surface area contributed by atoms with Crippen LogP contribution in [0.25, 0.3) is 0 Å². The Kier molecular flexibility index (Phi) is 5.98. The average molecular weight is 443 g/mol. The Labute approximate surface area is 162 Å². The number of ether oxygens (including phenoxy) is 1. The van der Waals surface area contributed by atoms with E-state index in [-0.39, 0.29) is 5.82 Å². The number of hydrogen-bond acceptors (Lipinski definition) is 4. The largest absolute Gasteiger partial charge is 0.486 e. The number of thioether (sulfide) groups is 1. The van der Waals surface area contributed by atoms with Gasteiger partial charge in [0.2, 0.25) is 0 Å². The molecule has 130 valence electrons. The van der Waals surface area contributed by atoms with Gasteiger partial charge < -0.3 is 9.30 Å². The molecule has 1 aromatic heterocycles. The molecule has 0 saturated heterocycles. The van der Waals surface area contributed by atoms with E-state index in [9.17, 15) is 4.39 Å². The van der Waals surface area contributed by atoms with Gasteiger partial charge in [-0.3, -0.25) is 0 Å². The van der Waals surface area contributed by atoms with E-state index in [1.807, 2.05) is 35.9 Å². The van der Waals surface area contributed by atoms with E-state index in [0.717, 1.165) is 26.8 Å². The van der Waals surface area contributed by atoms with Crippen molar-refractivity contribution in [2.75, 3.05) is 0 Å². The number of rotatable bonds is 6. The number of halogens is 3. The number of nitrogens with zero attached hydrogens (tertiary/aromatic N) is 3. The second kappa shape index (κ2) is 8.21. The molecule has 4 nitrogen and oxygen atoms in total. The molecule has 0 amide bonds. The summed E-state index contributed by atoms with van der Waals surface area (Å²) in [5.41, 5.74) is 0.851. The Morgan fingerprint density at radius 2 is 1.96 bits per heavy atom. The maximum absolute atomic E-state index is 13.1. The van der Waals surface area contributed by atoms with Gasteiger partial charge in [0.05, 0.1) is 0 Å². The zero-order valence-electron chi connectivity index (χ0n) is 13.2. The molecule has 0 unspecified atom stereocenters. The molecule has 0 fully saturated rings. The van der Waals surface area contributed by atoms with E-state index in [4.69, 9.17) is 16.3 Å². The molecule has 3 rings (SSSR count). The summed E-state index contributed by atoms with van der Waals surface area (Å²) in [5, 5.41) is 9.49. The van der Waals surface area contributed by atoms with Crippen molar-refractivity contribution in [2.45, 2.75) is 17.5 Å². The van der Waals surface area contributed by atoms with E-state index in [1.54, 1.807) is 6.07 Å². The summed E-state index contributed by atoms with van der Waals surface area (Å²) >= 11 is 10.9. The minimum Gasteiger partial charge on any atom is -0.486 e. The van der Waals surface area contributed by atoms with E-state index in [2.05, 4.69) is 26.1 Å². The second-order valence-corrected chi connectivity index (χ2v) is 7.49. The van der Waals surface area contributed by atoms with E-state index < -0.39 is 0 Å². The van der Waals surface area contributed by atoms with E-state index in [0.29, 0.717) is 17.4 Å². The summed E-state index contributed by atoms with van der Waals surface area (Å²) < 4.78 is 21.7. The van der Waals surface area contributed by atoms with Gasteiger partial charge in [-0.15, -0.1) is 10.2 Å². The van der Waals surface area contributed by atoms with Crippen LogP contribution in [-0.2, 0) is 19.4 Å². The number of hydrogen-bond donors (Lipinski definition) is 0. The highest BCUT2D eigenvalue weighted by molar-refractivity contribution is 9.10. The molecule has 0 aliphatic carbocycles. The summed E-state index contributed by atoms with van der Waals surface area (Å²) in [6.07, 6.45) is 0. The van der Waals surface area contributed by atoms with Crippen LogP contribution < -0.4 is 4.74 Å². The molecule has 8 heteroatoms. The van der Waals surface area contributed by atoms with Crippen LogP contribution in [0.5, 0.6) is 5.75 Å². The van der Waals surface area contributed by atoms with Crippen molar-refractivity contribution < 1.29 is 9.13 Å². The lowest BCUT2D eigenvalue weighted by atomic mass is 10.2. The first kappa shape index (κ1) is 18.2. The molecule has 0 aliphatic heterocycles. The summed E-state index contributed by atoms with van der Waals surface area (Å²) in [6, 6.07) is 12.0. The maximum Gasteiger partial charge on any atom is 0.191 e. The maximum atomic E-state index is 13.1. The monoisotopic (exact) mass is 441 g/mol. The van der Waals surface area contributed by atoms with Gasteiger partial charge in [-0.1, -0.05) is 45.4 Å². The van der Waals surface area contributed by atoms with Crippen LogP contribution in [-0.4, -0.2) is 14.8 Å². The first-order valence-corrected chi connectivity index (χ1v) is 9.52. The first-order chi connectivity index (χ1) is 12.0. The third kappa shape index (κ3) is 4.74. The van der Waals surface area contributed by atoms with Crippen molar-refractivity contribution in [3.8, 4) is 5.75 Å². The van der Waals surface area contributed by atoms with Crippen molar-refractivity contribution in [2.24, 2.45) is 7.05 Å². The standard InChI is InChI=1S/C17H14BrClFN3OS/c1-23-16(9-24-14-6-3-12(18)4-7-14)21-22-17(23)25-10-11-2-5-13(20)8-15(11)19/h2-8H,9-10H2,1H3. The van der Waals surface area contributed by atoms with Gasteiger partial charge >= 0.3 is 0 Å². The van der Waals surface area contributed by atoms with Crippen molar-refractivity contribution in [1.29, 1.82) is 0 Å². The summed E-state index contributed by atoms with van der Waals surface area (Å²) in [4.78, 5) is 0. The molecule has 1 heterocycles. The highest BCUT2D eigenvalue weighted by Crippen LogP contribution is 2.26. The van der Waals surface area contributed by atoms with Gasteiger partial charge in [-0.2, -0.15) is 0 Å². The van der Waals surface area contributed by atoms with E-state index >= 15 is 0 Å². The van der Waals surface area contributed by atoms with Crippen LogP contribution in [0.15, 0.2) is 52.1 Å². The Hall–Kier alpha value is -1.57. The van der Waals surface area contributed by atoms with Crippen molar-refractivity contribution in [3.05, 3.63) is 69.2 Å². The predicted molar refractivity (Wildman–Crippen MR) is 100 cm³/mol. The van der Waals surface area contributed by atoms with Crippen molar-refractivity contribution in [1.82, 2.24) is 14.8 Å². The third-order valence-corrected chi connectivity index (χ3v) is 5.43. The van der Waals surface area contributed by atoms with Gasteiger partial charge in [0, 0.05) is 22.3 Å². The van der Waals surface area contributed by atoms with Gasteiger partial charge in [-0.25, -0.2) is 4.39 Å². The molecule has 0 radical (unpaired) electrons. The molecule has 0 atom stereocenters. The number of benzene rings is 2.